The molecule has 13 heavy (non-hydrogen) atoms. The second-order valence-corrected chi connectivity index (χ2v) is 2.54. The standard InChI is InChI=1S/C6H9ClN4O2/c1-2-10-6(13)11(4-8-10)9-5(12)3-7/h4H,2-3H2,1H3,(H,9,12). The van der Waals surface area contributed by atoms with E-state index in [-0.39, 0.29) is 11.6 Å². The van der Waals surface area contributed by atoms with Gasteiger partial charge in [0.05, 0.1) is 0 Å². The van der Waals surface area contributed by atoms with Crippen molar-refractivity contribution in [2.45, 2.75) is 13.5 Å². The van der Waals surface area contributed by atoms with Crippen molar-refractivity contribution >= 4 is 17.5 Å². The van der Waals surface area contributed by atoms with E-state index in [1.807, 2.05) is 0 Å². The fourth-order valence-electron chi connectivity index (χ4n) is 0.795. The van der Waals surface area contributed by atoms with Crippen LogP contribution in [0, 0.1) is 0 Å². The number of aryl methyl sites for hydroxylation is 1. The first-order valence-corrected chi connectivity index (χ1v) is 4.22. The topological polar surface area (TPSA) is 68.9 Å². The number of nitrogens with one attached hydrogen (secondary N) is 1. The van der Waals surface area contributed by atoms with Gasteiger partial charge in [-0.25, -0.2) is 9.48 Å². The average molecular weight is 205 g/mol. The van der Waals surface area contributed by atoms with Gasteiger partial charge in [-0.15, -0.1) is 11.6 Å². The van der Waals surface area contributed by atoms with E-state index in [1.54, 1.807) is 6.92 Å². The summed E-state index contributed by atoms with van der Waals surface area (Å²) in [7, 11) is 0. The fourth-order valence-corrected chi connectivity index (χ4v) is 0.855. The first-order valence-electron chi connectivity index (χ1n) is 3.69. The highest BCUT2D eigenvalue weighted by Crippen LogP contribution is 1.79. The molecule has 1 aromatic rings. The maximum absolute atomic E-state index is 11.3. The van der Waals surface area contributed by atoms with Crippen molar-refractivity contribution < 1.29 is 4.79 Å². The first-order chi connectivity index (χ1) is 6.19. The Kier molecular flexibility index (Phi) is 3.07. The molecule has 0 saturated carbocycles. The Hall–Kier alpha value is -1.30. The summed E-state index contributed by atoms with van der Waals surface area (Å²) >= 11 is 5.24. The number of hydrogen-bond acceptors (Lipinski definition) is 3. The SMILES string of the molecule is CCn1ncn(NC(=O)CCl)c1=O. The molecule has 0 unspecified atom stereocenters. The zero-order chi connectivity index (χ0) is 9.84. The summed E-state index contributed by atoms with van der Waals surface area (Å²) in [6.07, 6.45) is 1.23. The largest absolute Gasteiger partial charge is 0.364 e. The highest BCUT2D eigenvalue weighted by Gasteiger charge is 2.05. The summed E-state index contributed by atoms with van der Waals surface area (Å²) in [6, 6.07) is 0. The van der Waals surface area contributed by atoms with Gasteiger partial charge in [0.15, 0.2) is 0 Å². The molecule has 0 bridgehead atoms. The van der Waals surface area contributed by atoms with Crippen LogP contribution in [0.5, 0.6) is 0 Å². The Labute approximate surface area is 79.1 Å². The molecule has 0 spiro atoms. The summed E-state index contributed by atoms with van der Waals surface area (Å²) in [5.41, 5.74) is 1.88. The molecule has 0 aliphatic rings. The van der Waals surface area contributed by atoms with E-state index in [0.717, 1.165) is 4.68 Å². The third-order valence-electron chi connectivity index (χ3n) is 1.40. The molecule has 0 aliphatic carbocycles. The Morgan fingerprint density at radius 2 is 2.46 bits per heavy atom. The average Bonchev–Trinajstić information content (AvgIpc) is 2.48. The first kappa shape index (κ1) is 9.79. The van der Waals surface area contributed by atoms with Gasteiger partial charge in [0.25, 0.3) is 5.91 Å². The lowest BCUT2D eigenvalue weighted by Crippen LogP contribution is -2.34. The second-order valence-electron chi connectivity index (χ2n) is 2.27. The van der Waals surface area contributed by atoms with Crippen molar-refractivity contribution in [3.05, 3.63) is 16.8 Å². The van der Waals surface area contributed by atoms with Gasteiger partial charge >= 0.3 is 5.69 Å². The summed E-state index contributed by atoms with van der Waals surface area (Å²) < 4.78 is 2.21. The van der Waals surface area contributed by atoms with Gasteiger partial charge in [-0.3, -0.25) is 10.2 Å². The highest BCUT2D eigenvalue weighted by molar-refractivity contribution is 6.28. The van der Waals surface area contributed by atoms with Crippen LogP contribution in [-0.4, -0.2) is 26.2 Å². The van der Waals surface area contributed by atoms with Gasteiger partial charge in [-0.1, -0.05) is 0 Å². The van der Waals surface area contributed by atoms with E-state index in [2.05, 4.69) is 10.5 Å². The van der Waals surface area contributed by atoms with Crippen LogP contribution < -0.4 is 11.1 Å². The molecule has 0 aliphatic heterocycles. The van der Waals surface area contributed by atoms with Crippen LogP contribution in [-0.2, 0) is 11.3 Å². The number of carbonyl (C=O) groups is 1. The van der Waals surface area contributed by atoms with Gasteiger partial charge in [0.2, 0.25) is 0 Å². The maximum Gasteiger partial charge on any atom is 0.364 e. The van der Waals surface area contributed by atoms with Crippen LogP contribution in [0.3, 0.4) is 0 Å². The molecular formula is C6H9ClN4O2. The van der Waals surface area contributed by atoms with Crippen LogP contribution in [0.4, 0.5) is 0 Å². The fraction of sp³-hybridized carbons (Fsp3) is 0.500. The lowest BCUT2D eigenvalue weighted by atomic mass is 10.7. The van der Waals surface area contributed by atoms with Crippen LogP contribution in [0.15, 0.2) is 11.1 Å². The van der Waals surface area contributed by atoms with E-state index in [0.29, 0.717) is 6.54 Å². The van der Waals surface area contributed by atoms with Crippen molar-refractivity contribution in [2.75, 3.05) is 11.3 Å². The molecule has 0 atom stereocenters. The zero-order valence-corrected chi connectivity index (χ0v) is 7.78. The normalized spacial score (nSPS) is 10.0. The van der Waals surface area contributed by atoms with Gasteiger partial charge < -0.3 is 0 Å². The number of carbonyl (C=O) groups excluding carboxylic acids is 1. The lowest BCUT2D eigenvalue weighted by Gasteiger charge is -1.99. The molecule has 6 nitrogen and oxygen atoms in total. The second kappa shape index (κ2) is 4.08. The molecule has 7 heteroatoms. The molecule has 0 radical (unpaired) electrons. The van der Waals surface area contributed by atoms with Gasteiger partial charge in [-0.2, -0.15) is 9.77 Å². The smallest absolute Gasteiger partial charge is 0.272 e. The molecule has 0 aromatic carbocycles. The van der Waals surface area contributed by atoms with Gasteiger partial charge in [0, 0.05) is 6.54 Å². The van der Waals surface area contributed by atoms with Gasteiger partial charge in [0.1, 0.15) is 12.2 Å². The minimum Gasteiger partial charge on any atom is -0.272 e. The monoisotopic (exact) mass is 204 g/mol. The molecule has 0 fully saturated rings. The Bertz CT molecular complexity index is 356. The number of halogens is 1. The Morgan fingerprint density at radius 1 is 1.77 bits per heavy atom. The van der Waals surface area contributed by atoms with Crippen molar-refractivity contribution in [2.24, 2.45) is 0 Å². The predicted molar refractivity (Wildman–Crippen MR) is 47.2 cm³/mol. The van der Waals surface area contributed by atoms with E-state index in [1.165, 1.54) is 11.0 Å². The predicted octanol–water partition coefficient (Wildman–Crippen LogP) is -0.626. The van der Waals surface area contributed by atoms with E-state index < -0.39 is 5.91 Å². The molecule has 1 rings (SSSR count). The van der Waals surface area contributed by atoms with E-state index in [9.17, 15) is 9.59 Å². The molecule has 1 heterocycles. The zero-order valence-electron chi connectivity index (χ0n) is 7.03. The van der Waals surface area contributed by atoms with Crippen LogP contribution in [0.25, 0.3) is 0 Å². The summed E-state index contributed by atoms with van der Waals surface area (Å²) in [5, 5.41) is 3.73. The molecule has 1 N–H and O–H groups in total. The van der Waals surface area contributed by atoms with Crippen molar-refractivity contribution in [1.82, 2.24) is 14.5 Å². The summed E-state index contributed by atoms with van der Waals surface area (Å²) in [6.45, 7) is 2.24. The maximum atomic E-state index is 11.3. The molecule has 1 amide bonds. The third-order valence-corrected chi connectivity index (χ3v) is 1.64. The Morgan fingerprint density at radius 3 is 2.92 bits per heavy atom. The Balaban J connectivity index is 2.84. The quantitative estimate of drug-likeness (QED) is 0.667. The van der Waals surface area contributed by atoms with Crippen molar-refractivity contribution in [3.8, 4) is 0 Å². The molecule has 72 valence electrons. The third kappa shape index (κ3) is 2.09. The van der Waals surface area contributed by atoms with Crippen LogP contribution >= 0.6 is 11.6 Å². The molecular weight excluding hydrogens is 196 g/mol. The van der Waals surface area contributed by atoms with Crippen LogP contribution in [0.2, 0.25) is 0 Å². The number of amides is 1. The summed E-state index contributed by atoms with van der Waals surface area (Å²) in [5.74, 6) is -0.636. The minimum atomic E-state index is -0.445. The lowest BCUT2D eigenvalue weighted by molar-refractivity contribution is -0.114. The van der Waals surface area contributed by atoms with Crippen molar-refractivity contribution in [3.63, 3.8) is 0 Å². The summed E-state index contributed by atoms with van der Waals surface area (Å²) in [4.78, 5) is 22.0. The van der Waals surface area contributed by atoms with E-state index >= 15 is 0 Å². The number of hydrogen-bond donors (Lipinski definition) is 1. The molecule has 0 saturated heterocycles. The van der Waals surface area contributed by atoms with Crippen LogP contribution in [0.1, 0.15) is 6.92 Å². The number of alkyl halides is 1. The number of aromatic nitrogens is 3. The van der Waals surface area contributed by atoms with Gasteiger partial charge in [-0.05, 0) is 6.92 Å². The molecule has 1 aromatic heterocycles. The van der Waals surface area contributed by atoms with Crippen molar-refractivity contribution in [1.29, 1.82) is 0 Å². The minimum absolute atomic E-state index is 0.191. The highest BCUT2D eigenvalue weighted by atomic mass is 35.5. The van der Waals surface area contributed by atoms with E-state index in [4.69, 9.17) is 11.6 Å². The number of rotatable bonds is 3. The number of nitrogens with zero attached hydrogens (tertiary/aromatic N) is 3.